The summed E-state index contributed by atoms with van der Waals surface area (Å²) >= 11 is 5.93. The first-order valence-electron chi connectivity index (χ1n) is 6.59. The number of carbonyl (C=O) groups is 1. The number of amides is 1. The highest BCUT2D eigenvalue weighted by molar-refractivity contribution is 7.85. The number of ether oxygens (including phenoxy) is 1. The van der Waals surface area contributed by atoms with Gasteiger partial charge in [0.1, 0.15) is 0 Å². The molecule has 1 heterocycles. The van der Waals surface area contributed by atoms with Crippen LogP contribution in [-0.4, -0.2) is 27.4 Å². The lowest BCUT2D eigenvalue weighted by molar-refractivity contribution is 0.186. The second-order valence-electron chi connectivity index (χ2n) is 4.61. The topological polar surface area (TPSA) is 84.1 Å². The van der Waals surface area contributed by atoms with Gasteiger partial charge in [0.15, 0.2) is 0 Å². The molecule has 0 aliphatic carbocycles. The molecule has 0 aliphatic heterocycles. The summed E-state index contributed by atoms with van der Waals surface area (Å²) in [7, 11) is -0.0923. The second-order valence-corrected chi connectivity index (χ2v) is 6.52. The monoisotopic (exact) mass is 349 g/mol. The van der Waals surface area contributed by atoms with E-state index in [1.807, 2.05) is 0 Å². The lowest BCUT2D eigenvalue weighted by Gasteiger charge is -2.02. The van der Waals surface area contributed by atoms with Gasteiger partial charge in [-0.2, -0.15) is 0 Å². The van der Waals surface area contributed by atoms with Gasteiger partial charge < -0.3 is 9.72 Å². The molecule has 1 amide bonds. The number of H-pyrrole nitrogens is 1. The smallest absolute Gasteiger partial charge is 0.413 e. The molecule has 1 unspecified atom stereocenters. The zero-order valence-corrected chi connectivity index (χ0v) is 13.6. The third-order valence-electron chi connectivity index (χ3n) is 3.08. The predicted octanol–water partition coefficient (Wildman–Crippen LogP) is 3.56. The van der Waals surface area contributed by atoms with E-state index in [2.05, 4.69) is 20.0 Å². The Balaban J connectivity index is 1.93. The summed E-state index contributed by atoms with van der Waals surface area (Å²) in [6, 6.07) is 12.1. The van der Waals surface area contributed by atoms with Crippen LogP contribution in [0, 0.1) is 0 Å². The summed E-state index contributed by atoms with van der Waals surface area (Å²) < 4.78 is 17.1. The largest absolute Gasteiger partial charge is 0.453 e. The van der Waals surface area contributed by atoms with Crippen LogP contribution in [0.2, 0.25) is 5.02 Å². The predicted molar refractivity (Wildman–Crippen MR) is 88.2 cm³/mol. The minimum absolute atomic E-state index is 0.262. The molecule has 1 aromatic heterocycles. The molecule has 8 heteroatoms. The number of aromatic nitrogens is 2. The number of nitrogens with one attached hydrogen (secondary N) is 2. The number of carbonyl (C=O) groups excluding carboxylic acids is 1. The zero-order chi connectivity index (χ0) is 16.4. The van der Waals surface area contributed by atoms with E-state index in [4.69, 9.17) is 11.6 Å². The van der Waals surface area contributed by atoms with Gasteiger partial charge in [-0.05, 0) is 36.4 Å². The van der Waals surface area contributed by atoms with Crippen molar-refractivity contribution in [3.05, 3.63) is 47.5 Å². The maximum atomic E-state index is 12.6. The van der Waals surface area contributed by atoms with E-state index in [1.54, 1.807) is 42.5 Å². The fraction of sp³-hybridized carbons (Fsp3) is 0.0667. The van der Waals surface area contributed by atoms with Crippen molar-refractivity contribution in [3.63, 3.8) is 0 Å². The molecule has 3 aromatic rings. The summed E-state index contributed by atoms with van der Waals surface area (Å²) in [5, 5.41) is 2.98. The third kappa shape index (κ3) is 3.35. The number of hydrogen-bond acceptors (Lipinski definition) is 4. The van der Waals surface area contributed by atoms with E-state index < -0.39 is 16.9 Å². The molecule has 1 atom stereocenters. The molecule has 2 N–H and O–H groups in total. The number of rotatable bonds is 3. The van der Waals surface area contributed by atoms with Crippen LogP contribution in [0.25, 0.3) is 11.0 Å². The van der Waals surface area contributed by atoms with Crippen LogP contribution in [0.1, 0.15) is 0 Å². The van der Waals surface area contributed by atoms with E-state index in [0.717, 1.165) is 0 Å². The normalized spacial score (nSPS) is 12.1. The van der Waals surface area contributed by atoms with Gasteiger partial charge in [0.05, 0.1) is 28.9 Å². The number of imidazole rings is 1. The number of benzene rings is 2. The number of aromatic amines is 1. The van der Waals surface area contributed by atoms with Crippen LogP contribution in [0.4, 0.5) is 10.7 Å². The summed E-state index contributed by atoms with van der Waals surface area (Å²) in [4.78, 5) is 19.6. The molecule has 0 spiro atoms. The fourth-order valence-corrected chi connectivity index (χ4v) is 3.41. The Kier molecular flexibility index (Phi) is 4.31. The van der Waals surface area contributed by atoms with Crippen molar-refractivity contribution >= 4 is 45.5 Å². The Morgan fingerprint density at radius 3 is 2.78 bits per heavy atom. The third-order valence-corrected chi connectivity index (χ3v) is 4.68. The van der Waals surface area contributed by atoms with E-state index in [-0.39, 0.29) is 5.95 Å². The lowest BCUT2D eigenvalue weighted by atomic mass is 10.3. The molecule has 118 valence electrons. The average Bonchev–Trinajstić information content (AvgIpc) is 2.95. The van der Waals surface area contributed by atoms with Gasteiger partial charge in [0, 0.05) is 14.8 Å². The molecule has 0 fully saturated rings. The van der Waals surface area contributed by atoms with Gasteiger partial charge in [-0.15, -0.1) is 0 Å². The molecule has 0 radical (unpaired) electrons. The zero-order valence-electron chi connectivity index (χ0n) is 12.0. The molecule has 23 heavy (non-hydrogen) atoms. The first kappa shape index (κ1) is 15.5. The van der Waals surface area contributed by atoms with Gasteiger partial charge in [0.2, 0.25) is 5.95 Å². The number of nitrogens with zero attached hydrogens (tertiary/aromatic N) is 1. The molecule has 0 bridgehead atoms. The summed E-state index contributed by atoms with van der Waals surface area (Å²) in [6.45, 7) is 0. The fourth-order valence-electron chi connectivity index (χ4n) is 2.03. The summed E-state index contributed by atoms with van der Waals surface area (Å²) in [5.41, 5.74) is 1.30. The Labute approximate surface area is 139 Å². The van der Waals surface area contributed by atoms with E-state index >= 15 is 0 Å². The highest BCUT2D eigenvalue weighted by atomic mass is 35.5. The first-order valence-corrected chi connectivity index (χ1v) is 8.11. The van der Waals surface area contributed by atoms with Crippen molar-refractivity contribution in [2.75, 3.05) is 12.4 Å². The molecule has 2 aromatic carbocycles. The Morgan fingerprint density at radius 1 is 1.26 bits per heavy atom. The Morgan fingerprint density at radius 2 is 2.04 bits per heavy atom. The lowest BCUT2D eigenvalue weighted by Crippen LogP contribution is -2.11. The SMILES string of the molecule is COC(=O)Nc1nc2ccc(S(=O)c3cccc(Cl)c3)cc2[nH]1. The number of hydrogen-bond donors (Lipinski definition) is 2. The van der Waals surface area contributed by atoms with Crippen LogP contribution < -0.4 is 5.32 Å². The van der Waals surface area contributed by atoms with Crippen molar-refractivity contribution < 1.29 is 13.7 Å². The van der Waals surface area contributed by atoms with E-state index in [1.165, 1.54) is 7.11 Å². The average molecular weight is 350 g/mol. The highest BCUT2D eigenvalue weighted by Gasteiger charge is 2.11. The standard InChI is InChI=1S/C15H12ClN3O3S/c1-22-15(20)19-14-17-12-6-5-11(8-13(12)18-14)23(21)10-4-2-3-9(16)7-10/h2-8H,1H3,(H2,17,18,19,20). The summed E-state index contributed by atoms with van der Waals surface area (Å²) in [5.74, 6) is 0.262. The molecular weight excluding hydrogens is 338 g/mol. The minimum atomic E-state index is -1.36. The van der Waals surface area contributed by atoms with Crippen LogP contribution >= 0.6 is 11.6 Å². The van der Waals surface area contributed by atoms with Gasteiger partial charge >= 0.3 is 6.09 Å². The van der Waals surface area contributed by atoms with Gasteiger partial charge in [-0.3, -0.25) is 5.32 Å². The highest BCUT2D eigenvalue weighted by Crippen LogP contribution is 2.23. The number of fused-ring (bicyclic) bond motifs is 1. The van der Waals surface area contributed by atoms with Crippen molar-refractivity contribution in [2.45, 2.75) is 9.79 Å². The molecule has 3 rings (SSSR count). The number of anilines is 1. The van der Waals surface area contributed by atoms with Crippen molar-refractivity contribution in [3.8, 4) is 0 Å². The van der Waals surface area contributed by atoms with Gasteiger partial charge in [0.25, 0.3) is 0 Å². The van der Waals surface area contributed by atoms with Crippen LogP contribution in [-0.2, 0) is 15.5 Å². The van der Waals surface area contributed by atoms with E-state index in [9.17, 15) is 9.00 Å². The molecule has 0 saturated heterocycles. The quantitative estimate of drug-likeness (QED) is 0.757. The van der Waals surface area contributed by atoms with Crippen molar-refractivity contribution in [1.82, 2.24) is 9.97 Å². The molecular formula is C15H12ClN3O3S. The number of halogens is 1. The van der Waals surface area contributed by atoms with Crippen LogP contribution in [0.15, 0.2) is 52.3 Å². The Bertz CT molecular complexity index is 910. The van der Waals surface area contributed by atoms with Crippen LogP contribution in [0.5, 0.6) is 0 Å². The molecule has 6 nitrogen and oxygen atoms in total. The maximum Gasteiger partial charge on any atom is 0.413 e. The molecule has 0 aliphatic rings. The minimum Gasteiger partial charge on any atom is -0.453 e. The maximum absolute atomic E-state index is 12.6. The van der Waals surface area contributed by atoms with E-state index in [0.29, 0.717) is 25.8 Å². The second kappa shape index (κ2) is 6.39. The Hall–Kier alpha value is -2.38. The van der Waals surface area contributed by atoms with Crippen molar-refractivity contribution in [1.29, 1.82) is 0 Å². The number of methoxy groups -OCH3 is 1. The van der Waals surface area contributed by atoms with Crippen LogP contribution in [0.3, 0.4) is 0 Å². The molecule has 0 saturated carbocycles. The van der Waals surface area contributed by atoms with Gasteiger partial charge in [-0.1, -0.05) is 17.7 Å². The van der Waals surface area contributed by atoms with Gasteiger partial charge in [-0.25, -0.2) is 14.0 Å². The first-order chi connectivity index (χ1) is 11.1. The van der Waals surface area contributed by atoms with Crippen molar-refractivity contribution in [2.24, 2.45) is 0 Å². The summed E-state index contributed by atoms with van der Waals surface area (Å²) in [6.07, 6.45) is -0.619.